The zero-order valence-electron chi connectivity index (χ0n) is 7.23. The van der Waals surface area contributed by atoms with Crippen molar-refractivity contribution in [2.75, 3.05) is 0 Å². The summed E-state index contributed by atoms with van der Waals surface area (Å²) in [6.45, 7) is 0. The third-order valence-electron chi connectivity index (χ3n) is 1.56. The van der Waals surface area contributed by atoms with E-state index in [0.29, 0.717) is 0 Å². The van der Waals surface area contributed by atoms with Gasteiger partial charge in [-0.3, -0.25) is 0 Å². The first-order chi connectivity index (χ1) is 7.00. The normalized spacial score (nSPS) is 16.2. The molecular formula is C5H2AsF11. The van der Waals surface area contributed by atoms with Gasteiger partial charge in [0.25, 0.3) is 0 Å². The van der Waals surface area contributed by atoms with Gasteiger partial charge in [-0.25, -0.2) is 0 Å². The molecule has 0 aliphatic carbocycles. The predicted octanol–water partition coefficient (Wildman–Crippen LogP) is 2.68. The van der Waals surface area contributed by atoms with Gasteiger partial charge in [0.05, 0.1) is 0 Å². The predicted molar refractivity (Wildman–Crippen MR) is 34.4 cm³/mol. The summed E-state index contributed by atoms with van der Waals surface area (Å²) >= 11 is -1.40. The second kappa shape index (κ2) is 3.89. The van der Waals surface area contributed by atoms with E-state index in [1.165, 1.54) is 0 Å². The van der Waals surface area contributed by atoms with Gasteiger partial charge < -0.3 is 0 Å². The molecular weight excluding hydrogens is 344 g/mol. The molecule has 0 radical (unpaired) electrons. The minimum atomic E-state index is -7.28. The van der Waals surface area contributed by atoms with Crippen molar-refractivity contribution in [3.05, 3.63) is 0 Å². The number of rotatable bonds is 3. The molecule has 0 rings (SSSR count). The molecule has 12 heteroatoms. The van der Waals surface area contributed by atoms with E-state index in [1.54, 1.807) is 0 Å². The quantitative estimate of drug-likeness (QED) is 0.545. The van der Waals surface area contributed by atoms with E-state index in [2.05, 4.69) is 0 Å². The molecule has 0 saturated carbocycles. The molecule has 0 heterocycles. The van der Waals surface area contributed by atoms with E-state index in [0.717, 1.165) is 0 Å². The molecule has 0 amide bonds. The van der Waals surface area contributed by atoms with Crippen LogP contribution in [0, 0.1) is 0 Å². The van der Waals surface area contributed by atoms with Crippen LogP contribution in [0.15, 0.2) is 0 Å². The molecule has 0 nitrogen and oxygen atoms in total. The Kier molecular flexibility index (Phi) is 3.84. The average molecular weight is 346 g/mol. The summed E-state index contributed by atoms with van der Waals surface area (Å²) in [7, 11) is 0. The Hall–Kier alpha value is -0.212. The number of hydrogen-bond acceptors (Lipinski definition) is 0. The molecule has 0 N–H and O–H groups in total. The van der Waals surface area contributed by atoms with E-state index in [4.69, 9.17) is 0 Å². The van der Waals surface area contributed by atoms with Crippen molar-refractivity contribution in [3.8, 4) is 0 Å². The van der Waals surface area contributed by atoms with Crippen molar-refractivity contribution in [2.45, 2.75) is 28.7 Å². The molecule has 1 unspecified atom stereocenters. The fourth-order valence-corrected chi connectivity index (χ4v) is 0.965. The summed E-state index contributed by atoms with van der Waals surface area (Å²) < 4.78 is 126. The van der Waals surface area contributed by atoms with Gasteiger partial charge in [0, 0.05) is 0 Å². The first-order valence-electron chi connectivity index (χ1n) is 3.37. The van der Waals surface area contributed by atoms with Crippen molar-refractivity contribution >= 4 is 16.9 Å². The molecule has 0 aromatic carbocycles. The Morgan fingerprint density at radius 1 is 0.471 bits per heavy atom. The second-order valence-electron chi connectivity index (χ2n) is 2.84. The minimum absolute atomic E-state index is 1.40. The molecule has 0 aliphatic heterocycles. The van der Waals surface area contributed by atoms with Gasteiger partial charge in [-0.05, 0) is 0 Å². The Labute approximate surface area is 94.6 Å². The van der Waals surface area contributed by atoms with Gasteiger partial charge in [0.1, 0.15) is 0 Å². The molecule has 0 aromatic heterocycles. The molecule has 0 fully saturated rings. The van der Waals surface area contributed by atoms with Gasteiger partial charge in [-0.15, -0.1) is 0 Å². The van der Waals surface area contributed by atoms with Crippen LogP contribution in [-0.4, -0.2) is 45.5 Å². The van der Waals surface area contributed by atoms with Gasteiger partial charge in [0.15, 0.2) is 0 Å². The van der Waals surface area contributed by atoms with Crippen molar-refractivity contribution in [1.82, 2.24) is 0 Å². The maximum atomic E-state index is 12.3. The molecule has 0 bridgehead atoms. The maximum absolute atomic E-state index is 12.3. The third-order valence-corrected chi connectivity index (χ3v) is 2.32. The zero-order chi connectivity index (χ0) is 14.5. The standard InChI is InChI=1S/C5H2AsF11/c6-4(13,14)2(9,10)1(7,8)3(11,12)5(15,16)17/h6H2. The van der Waals surface area contributed by atoms with Crippen LogP contribution >= 0.6 is 0 Å². The Bertz CT molecular complexity index is 255. The van der Waals surface area contributed by atoms with Gasteiger partial charge >= 0.3 is 93.8 Å². The Balaban J connectivity index is 5.73. The van der Waals surface area contributed by atoms with E-state index in [1.807, 2.05) is 0 Å². The molecule has 0 aromatic rings. The summed E-state index contributed by atoms with van der Waals surface area (Å²) in [6, 6.07) is 0. The van der Waals surface area contributed by atoms with Gasteiger partial charge in [0.2, 0.25) is 0 Å². The van der Waals surface area contributed by atoms with Crippen LogP contribution in [0.2, 0.25) is 0 Å². The van der Waals surface area contributed by atoms with Crippen molar-refractivity contribution in [1.29, 1.82) is 0 Å². The monoisotopic (exact) mass is 346 g/mol. The first-order valence-corrected chi connectivity index (χ1v) is 4.58. The van der Waals surface area contributed by atoms with Crippen LogP contribution in [0.3, 0.4) is 0 Å². The zero-order valence-corrected chi connectivity index (χ0v) is 9.66. The SMILES string of the molecule is FC(F)(F)C(F)(F)C(F)(F)C(F)(F)C(F)(F)[AsH2]. The summed E-state index contributed by atoms with van der Waals surface area (Å²) in [4.78, 5) is 0. The topological polar surface area (TPSA) is 0 Å². The van der Waals surface area contributed by atoms with Gasteiger partial charge in [-0.1, -0.05) is 0 Å². The average Bonchev–Trinajstić information content (AvgIpc) is 1.98. The van der Waals surface area contributed by atoms with Crippen LogP contribution in [0.5, 0.6) is 0 Å². The van der Waals surface area contributed by atoms with E-state index in [9.17, 15) is 48.3 Å². The van der Waals surface area contributed by atoms with Crippen molar-refractivity contribution in [2.24, 2.45) is 0 Å². The number of hydrogen-bond donors (Lipinski definition) is 0. The summed E-state index contributed by atoms with van der Waals surface area (Å²) in [5.41, 5.74) is 0. The summed E-state index contributed by atoms with van der Waals surface area (Å²) in [6.07, 6.45) is -7.09. The van der Waals surface area contributed by atoms with Crippen molar-refractivity contribution in [3.63, 3.8) is 0 Å². The Morgan fingerprint density at radius 2 is 0.765 bits per heavy atom. The van der Waals surface area contributed by atoms with E-state index in [-0.39, 0.29) is 0 Å². The van der Waals surface area contributed by atoms with Crippen LogP contribution in [-0.2, 0) is 0 Å². The first kappa shape index (κ1) is 16.8. The Morgan fingerprint density at radius 3 is 0.941 bits per heavy atom. The van der Waals surface area contributed by atoms with Gasteiger partial charge in [-0.2, -0.15) is 0 Å². The van der Waals surface area contributed by atoms with Crippen LogP contribution in [0.4, 0.5) is 48.3 Å². The molecule has 0 aliphatic rings. The van der Waals surface area contributed by atoms with Crippen LogP contribution in [0.1, 0.15) is 0 Å². The molecule has 1 atom stereocenters. The van der Waals surface area contributed by atoms with Crippen molar-refractivity contribution < 1.29 is 48.3 Å². The second-order valence-corrected chi connectivity index (χ2v) is 4.37. The number of alkyl halides is 11. The van der Waals surface area contributed by atoms with Crippen LogP contribution < -0.4 is 0 Å². The van der Waals surface area contributed by atoms with Crippen LogP contribution in [0.25, 0.3) is 0 Å². The fraction of sp³-hybridized carbons (Fsp3) is 1.00. The number of halogens is 11. The molecule has 0 spiro atoms. The summed E-state index contributed by atoms with van der Waals surface area (Å²) in [5, 5.41) is 0. The van der Waals surface area contributed by atoms with E-state index >= 15 is 0 Å². The molecule has 104 valence electrons. The van der Waals surface area contributed by atoms with E-state index < -0.39 is 45.5 Å². The molecule has 0 saturated heterocycles. The third kappa shape index (κ3) is 2.34. The fourth-order valence-electron chi connectivity index (χ4n) is 0.584. The summed E-state index contributed by atoms with van der Waals surface area (Å²) in [5.74, 6) is -21.4. The molecule has 17 heavy (non-hydrogen) atoms.